The Kier molecular flexibility index (Phi) is 10.2. The molecule has 0 aliphatic carbocycles. The van der Waals surface area contributed by atoms with E-state index >= 15 is 0 Å². The molecule has 24 heavy (non-hydrogen) atoms. The van der Waals surface area contributed by atoms with Crippen molar-refractivity contribution in [1.82, 2.24) is 4.90 Å². The maximum Gasteiger partial charge on any atom is 0.193 e. The first-order chi connectivity index (χ1) is 11.2. The highest BCUT2D eigenvalue weighted by Crippen LogP contribution is 2.18. The van der Waals surface area contributed by atoms with Crippen LogP contribution in [0.3, 0.4) is 0 Å². The second-order valence-electron chi connectivity index (χ2n) is 5.77. The fourth-order valence-corrected chi connectivity index (χ4v) is 2.91. The summed E-state index contributed by atoms with van der Waals surface area (Å²) in [6.07, 6.45) is 2.38. The summed E-state index contributed by atoms with van der Waals surface area (Å²) < 4.78 is 10.4. The first-order valence-electron chi connectivity index (χ1n) is 8.11. The fraction of sp³-hybridized carbons (Fsp3) is 0.588. The van der Waals surface area contributed by atoms with Crippen LogP contribution in [-0.2, 0) is 16.1 Å². The number of nitrogens with two attached hydrogens (primary N) is 1. The lowest BCUT2D eigenvalue weighted by atomic mass is 10.2. The van der Waals surface area contributed by atoms with Crippen LogP contribution in [0.1, 0.15) is 18.4 Å². The summed E-state index contributed by atoms with van der Waals surface area (Å²) in [6.45, 7) is 4.10. The molecule has 0 radical (unpaired) electrons. The number of hydrogen-bond donors (Lipinski definition) is 2. The highest BCUT2D eigenvalue weighted by Gasteiger charge is 2.23. The molecule has 1 fully saturated rings. The van der Waals surface area contributed by atoms with Crippen molar-refractivity contribution in [1.29, 1.82) is 0 Å². The topological polar surface area (TPSA) is 72.1 Å². The van der Waals surface area contributed by atoms with Crippen molar-refractivity contribution in [2.45, 2.75) is 25.5 Å². The van der Waals surface area contributed by atoms with Gasteiger partial charge in [-0.3, -0.25) is 9.89 Å². The third-order valence-corrected chi connectivity index (χ3v) is 4.13. The average molecular weight is 448 g/mol. The van der Waals surface area contributed by atoms with Gasteiger partial charge in [-0.05, 0) is 25.5 Å². The molecule has 0 bridgehead atoms. The molecule has 1 atom stereocenters. The van der Waals surface area contributed by atoms with Crippen molar-refractivity contribution in [3.63, 3.8) is 0 Å². The van der Waals surface area contributed by atoms with E-state index in [2.05, 4.69) is 15.2 Å². The Morgan fingerprint density at radius 2 is 2.12 bits per heavy atom. The van der Waals surface area contributed by atoms with Gasteiger partial charge in [0.05, 0.1) is 19.8 Å². The summed E-state index contributed by atoms with van der Waals surface area (Å²) in [7, 11) is 3.42. The normalized spacial score (nSPS) is 18.4. The zero-order valence-corrected chi connectivity index (χ0v) is 16.9. The maximum atomic E-state index is 6.05. The summed E-state index contributed by atoms with van der Waals surface area (Å²) in [5.41, 5.74) is 8.06. The van der Waals surface area contributed by atoms with Crippen LogP contribution in [0.25, 0.3) is 0 Å². The predicted molar refractivity (Wildman–Crippen MR) is 109 cm³/mol. The van der Waals surface area contributed by atoms with E-state index in [-0.39, 0.29) is 24.0 Å². The number of likely N-dealkylation sites (tertiary alicyclic amines) is 1. The molecule has 1 unspecified atom stereocenters. The van der Waals surface area contributed by atoms with Crippen LogP contribution < -0.4 is 11.1 Å². The number of anilines is 1. The van der Waals surface area contributed by atoms with Crippen molar-refractivity contribution < 1.29 is 9.47 Å². The first-order valence-corrected chi connectivity index (χ1v) is 8.11. The minimum Gasteiger partial charge on any atom is -0.383 e. The molecule has 0 spiro atoms. The molecular weight excluding hydrogens is 419 g/mol. The molecule has 1 aliphatic rings. The van der Waals surface area contributed by atoms with E-state index in [1.807, 2.05) is 24.3 Å². The van der Waals surface area contributed by atoms with Gasteiger partial charge < -0.3 is 20.5 Å². The molecule has 136 valence electrons. The second-order valence-corrected chi connectivity index (χ2v) is 5.77. The molecular formula is C17H29IN4O2. The van der Waals surface area contributed by atoms with E-state index < -0.39 is 0 Å². The molecule has 1 aliphatic heterocycles. The van der Waals surface area contributed by atoms with Crippen LogP contribution in [0, 0.1) is 0 Å². The van der Waals surface area contributed by atoms with E-state index in [1.165, 1.54) is 12.8 Å². The summed E-state index contributed by atoms with van der Waals surface area (Å²) in [6, 6.07) is 8.41. The van der Waals surface area contributed by atoms with E-state index in [4.69, 9.17) is 15.2 Å². The number of halogens is 1. The van der Waals surface area contributed by atoms with E-state index in [0.717, 1.165) is 37.5 Å². The smallest absolute Gasteiger partial charge is 0.193 e. The van der Waals surface area contributed by atoms with Crippen molar-refractivity contribution in [3.8, 4) is 0 Å². The number of ether oxygens (including phenoxy) is 2. The maximum absolute atomic E-state index is 6.05. The number of rotatable bonds is 8. The summed E-state index contributed by atoms with van der Waals surface area (Å²) >= 11 is 0. The lowest BCUT2D eigenvalue weighted by Crippen LogP contribution is -2.35. The lowest BCUT2D eigenvalue weighted by Gasteiger charge is -2.22. The number of hydrogen-bond acceptors (Lipinski definition) is 4. The van der Waals surface area contributed by atoms with Crippen LogP contribution in [0.2, 0.25) is 0 Å². The third-order valence-electron chi connectivity index (χ3n) is 4.13. The Balaban J connectivity index is 0.00000288. The minimum atomic E-state index is 0. The van der Waals surface area contributed by atoms with Gasteiger partial charge in [-0.15, -0.1) is 24.0 Å². The quantitative estimate of drug-likeness (QED) is 0.363. The van der Waals surface area contributed by atoms with Crippen LogP contribution >= 0.6 is 24.0 Å². The SMILES string of the molecule is COCCN1CCCC1CN=C(N)Nc1ccccc1COC.I. The molecule has 2 rings (SSSR count). The van der Waals surface area contributed by atoms with Gasteiger partial charge in [0.1, 0.15) is 0 Å². The van der Waals surface area contributed by atoms with E-state index in [1.54, 1.807) is 14.2 Å². The minimum absolute atomic E-state index is 0. The number of nitrogens with zero attached hydrogens (tertiary/aromatic N) is 2. The van der Waals surface area contributed by atoms with Crippen LogP contribution in [0.4, 0.5) is 5.69 Å². The Labute approximate surface area is 161 Å². The molecule has 1 heterocycles. The van der Waals surface area contributed by atoms with Crippen molar-refractivity contribution in [2.75, 3.05) is 45.8 Å². The Morgan fingerprint density at radius 3 is 2.88 bits per heavy atom. The molecule has 0 saturated carbocycles. The Hall–Kier alpha value is -0.900. The standard InChI is InChI=1S/C17H28N4O2.HI/c1-22-11-10-21-9-5-7-15(21)12-19-17(18)20-16-8-4-3-6-14(16)13-23-2;/h3-4,6,8,15H,5,7,9-13H2,1-2H3,(H3,18,19,20);1H. The average Bonchev–Trinajstić information content (AvgIpc) is 3.00. The summed E-state index contributed by atoms with van der Waals surface area (Å²) in [4.78, 5) is 6.95. The van der Waals surface area contributed by atoms with Gasteiger partial charge in [0.25, 0.3) is 0 Å². The van der Waals surface area contributed by atoms with Crippen LogP contribution in [-0.4, -0.2) is 57.4 Å². The molecule has 3 N–H and O–H groups in total. The molecule has 1 aromatic carbocycles. The zero-order chi connectivity index (χ0) is 16.5. The van der Waals surface area contributed by atoms with Crippen molar-refractivity contribution in [3.05, 3.63) is 29.8 Å². The van der Waals surface area contributed by atoms with Gasteiger partial charge in [-0.1, -0.05) is 18.2 Å². The number of nitrogens with one attached hydrogen (secondary N) is 1. The number of guanidine groups is 1. The lowest BCUT2D eigenvalue weighted by molar-refractivity contribution is 0.143. The number of benzene rings is 1. The predicted octanol–water partition coefficient (Wildman–Crippen LogP) is 2.29. The fourth-order valence-electron chi connectivity index (χ4n) is 2.91. The molecule has 1 saturated heterocycles. The van der Waals surface area contributed by atoms with Crippen LogP contribution in [0.5, 0.6) is 0 Å². The van der Waals surface area contributed by atoms with Gasteiger partial charge in [0.2, 0.25) is 0 Å². The molecule has 7 heteroatoms. The molecule has 1 aromatic rings. The van der Waals surface area contributed by atoms with E-state index in [9.17, 15) is 0 Å². The number of aliphatic imine (C=N–C) groups is 1. The van der Waals surface area contributed by atoms with Gasteiger partial charge in [0.15, 0.2) is 5.96 Å². The zero-order valence-electron chi connectivity index (χ0n) is 14.5. The summed E-state index contributed by atoms with van der Waals surface area (Å²) in [5, 5.41) is 3.18. The van der Waals surface area contributed by atoms with Crippen molar-refractivity contribution >= 4 is 35.6 Å². The number of methoxy groups -OCH3 is 2. The van der Waals surface area contributed by atoms with Gasteiger partial charge in [-0.25, -0.2) is 0 Å². The largest absolute Gasteiger partial charge is 0.383 e. The Bertz CT molecular complexity index is 513. The molecule has 0 aromatic heterocycles. The number of para-hydroxylation sites is 1. The molecule has 0 amide bonds. The second kappa shape index (κ2) is 11.6. The van der Waals surface area contributed by atoms with Crippen LogP contribution in [0.15, 0.2) is 29.3 Å². The van der Waals surface area contributed by atoms with Crippen molar-refractivity contribution in [2.24, 2.45) is 10.7 Å². The first kappa shape index (κ1) is 21.1. The van der Waals surface area contributed by atoms with Gasteiger partial charge in [0, 0.05) is 38.1 Å². The summed E-state index contributed by atoms with van der Waals surface area (Å²) in [5.74, 6) is 0.451. The third kappa shape index (κ3) is 6.54. The van der Waals surface area contributed by atoms with Gasteiger partial charge >= 0.3 is 0 Å². The monoisotopic (exact) mass is 448 g/mol. The molecule has 6 nitrogen and oxygen atoms in total. The Morgan fingerprint density at radius 1 is 1.33 bits per heavy atom. The van der Waals surface area contributed by atoms with E-state index in [0.29, 0.717) is 18.6 Å². The highest BCUT2D eigenvalue weighted by molar-refractivity contribution is 14.0. The highest BCUT2D eigenvalue weighted by atomic mass is 127. The van der Waals surface area contributed by atoms with Gasteiger partial charge in [-0.2, -0.15) is 0 Å².